The topological polar surface area (TPSA) is 96.1 Å². The molecule has 0 spiro atoms. The molecule has 0 unspecified atom stereocenters. The second-order valence-electron chi connectivity index (χ2n) is 5.40. The van der Waals surface area contributed by atoms with E-state index < -0.39 is 17.2 Å². The number of rotatable bonds is 5. The number of urea groups is 1. The van der Waals surface area contributed by atoms with Gasteiger partial charge in [0.15, 0.2) is 5.16 Å². The Kier molecular flexibility index (Phi) is 5.43. The number of hydrogen-bond donors (Lipinski definition) is 3. The molecule has 2 aromatic carbocycles. The van der Waals surface area contributed by atoms with E-state index in [4.69, 9.17) is 4.74 Å². The molecule has 3 amide bonds. The molecular weight excluding hydrogens is 352 g/mol. The lowest BCUT2D eigenvalue weighted by Crippen LogP contribution is -2.39. The highest BCUT2D eigenvalue weighted by molar-refractivity contribution is 8.00. The van der Waals surface area contributed by atoms with Gasteiger partial charge in [-0.25, -0.2) is 9.78 Å². The molecule has 134 valence electrons. The van der Waals surface area contributed by atoms with Gasteiger partial charge in [-0.1, -0.05) is 42.1 Å². The number of benzene rings is 2. The zero-order valence-electron chi connectivity index (χ0n) is 14.3. The number of nitrogens with zero attached hydrogens (tertiary/aromatic N) is 1. The van der Waals surface area contributed by atoms with Crippen LogP contribution in [0.4, 0.5) is 4.79 Å². The van der Waals surface area contributed by atoms with Gasteiger partial charge in [0, 0.05) is 13.1 Å². The maximum Gasteiger partial charge on any atom is 0.321 e. The molecule has 26 heavy (non-hydrogen) atoms. The van der Waals surface area contributed by atoms with Crippen LogP contribution in [0.1, 0.15) is 10.8 Å². The first-order valence-corrected chi connectivity index (χ1v) is 8.76. The molecule has 0 bridgehead atoms. The van der Waals surface area contributed by atoms with E-state index in [1.807, 2.05) is 48.5 Å². The van der Waals surface area contributed by atoms with Crippen molar-refractivity contribution in [2.45, 2.75) is 10.4 Å². The number of carbonyl (C=O) groups is 2. The van der Waals surface area contributed by atoms with Gasteiger partial charge in [0.05, 0.1) is 18.1 Å². The van der Waals surface area contributed by atoms with Gasteiger partial charge in [0.1, 0.15) is 11.0 Å². The Morgan fingerprint density at radius 3 is 2.65 bits per heavy atom. The number of methoxy groups -OCH3 is 1. The molecule has 0 aliphatic rings. The van der Waals surface area contributed by atoms with E-state index in [1.54, 1.807) is 7.11 Å². The van der Waals surface area contributed by atoms with Crippen molar-refractivity contribution in [3.63, 3.8) is 0 Å². The summed E-state index contributed by atoms with van der Waals surface area (Å²) in [5, 5.41) is 4.66. The smallest absolute Gasteiger partial charge is 0.321 e. The van der Waals surface area contributed by atoms with E-state index in [1.165, 1.54) is 18.8 Å². The van der Waals surface area contributed by atoms with Gasteiger partial charge in [-0.3, -0.25) is 10.1 Å². The Balaban J connectivity index is 1.90. The summed E-state index contributed by atoms with van der Waals surface area (Å²) in [6.45, 7) is 0. The van der Waals surface area contributed by atoms with Crippen LogP contribution in [-0.4, -0.2) is 36.1 Å². The number of amides is 3. The number of carbonyl (C=O) groups excluding carboxylic acids is 2. The molecule has 0 saturated carbocycles. The third-order valence-corrected chi connectivity index (χ3v) is 4.84. The van der Waals surface area contributed by atoms with Crippen LogP contribution in [0.15, 0.2) is 53.7 Å². The molecule has 7 nitrogen and oxygen atoms in total. The van der Waals surface area contributed by atoms with Gasteiger partial charge >= 0.3 is 6.03 Å². The van der Waals surface area contributed by atoms with Crippen LogP contribution in [-0.2, 0) is 4.79 Å². The summed E-state index contributed by atoms with van der Waals surface area (Å²) in [5.41, 5.74) is 2.36. The standard InChI is InChI=1S/C18H18N4O3S/c1-19-17(24)22-16(23)15(11-6-4-3-5-7-11)26-18-20-13-9-8-12(25-2)10-14(13)21-18/h3-10,15H,1-2H3,(H,20,21)(H2,19,22,23,24)/t15-/m0/s1. The van der Waals surface area contributed by atoms with Crippen molar-refractivity contribution in [2.75, 3.05) is 14.2 Å². The Labute approximate surface area is 154 Å². The van der Waals surface area contributed by atoms with Gasteiger partial charge in [0.2, 0.25) is 5.91 Å². The van der Waals surface area contributed by atoms with Crippen LogP contribution in [0.25, 0.3) is 11.0 Å². The SMILES string of the molecule is CNC(=O)NC(=O)[C@@H](Sc1nc2ccc(OC)cc2[nH]1)c1ccccc1. The Hall–Kier alpha value is -3.00. The molecule has 1 aromatic heterocycles. The summed E-state index contributed by atoms with van der Waals surface area (Å²) in [5.74, 6) is 0.299. The number of aromatic nitrogens is 2. The number of thioether (sulfide) groups is 1. The summed E-state index contributed by atoms with van der Waals surface area (Å²) >= 11 is 1.24. The molecule has 8 heteroatoms. The van der Waals surface area contributed by atoms with Crippen LogP contribution in [0.5, 0.6) is 5.75 Å². The van der Waals surface area contributed by atoms with Crippen molar-refractivity contribution in [3.8, 4) is 5.75 Å². The van der Waals surface area contributed by atoms with E-state index in [-0.39, 0.29) is 0 Å². The normalized spacial score (nSPS) is 11.8. The quantitative estimate of drug-likeness (QED) is 0.600. The lowest BCUT2D eigenvalue weighted by Gasteiger charge is -2.14. The minimum atomic E-state index is -0.629. The monoisotopic (exact) mass is 370 g/mol. The molecule has 0 radical (unpaired) electrons. The van der Waals surface area contributed by atoms with Crippen molar-refractivity contribution in [2.24, 2.45) is 0 Å². The number of fused-ring (bicyclic) bond motifs is 1. The van der Waals surface area contributed by atoms with Crippen LogP contribution >= 0.6 is 11.8 Å². The Bertz CT molecular complexity index is 927. The lowest BCUT2D eigenvalue weighted by molar-refractivity contribution is -0.119. The highest BCUT2D eigenvalue weighted by Gasteiger charge is 2.25. The van der Waals surface area contributed by atoms with Gasteiger partial charge in [-0.15, -0.1) is 0 Å². The van der Waals surface area contributed by atoms with E-state index in [0.29, 0.717) is 5.16 Å². The van der Waals surface area contributed by atoms with Crippen molar-refractivity contribution in [3.05, 3.63) is 54.1 Å². The van der Waals surface area contributed by atoms with Crippen molar-refractivity contribution >= 4 is 34.7 Å². The molecule has 3 rings (SSSR count). The number of imide groups is 1. The fraction of sp³-hybridized carbons (Fsp3) is 0.167. The van der Waals surface area contributed by atoms with Crippen molar-refractivity contribution < 1.29 is 14.3 Å². The van der Waals surface area contributed by atoms with Crippen LogP contribution in [0, 0.1) is 0 Å². The highest BCUT2D eigenvalue weighted by atomic mass is 32.2. The predicted octanol–water partition coefficient (Wildman–Crippen LogP) is 2.86. The number of aromatic amines is 1. The molecule has 0 aliphatic heterocycles. The molecule has 0 aliphatic carbocycles. The maximum atomic E-state index is 12.6. The van der Waals surface area contributed by atoms with E-state index in [9.17, 15) is 9.59 Å². The first kappa shape index (κ1) is 17.8. The van der Waals surface area contributed by atoms with Gasteiger partial charge in [0.25, 0.3) is 0 Å². The molecule has 0 saturated heterocycles. The largest absolute Gasteiger partial charge is 0.497 e. The van der Waals surface area contributed by atoms with Crippen LogP contribution in [0.3, 0.4) is 0 Å². The third-order valence-electron chi connectivity index (χ3n) is 3.70. The van der Waals surface area contributed by atoms with Crippen molar-refractivity contribution in [1.29, 1.82) is 0 Å². The van der Waals surface area contributed by atoms with E-state index in [0.717, 1.165) is 22.3 Å². The van der Waals surface area contributed by atoms with Crippen LogP contribution in [0.2, 0.25) is 0 Å². The predicted molar refractivity (Wildman–Crippen MR) is 100 cm³/mol. The second kappa shape index (κ2) is 7.92. The van der Waals surface area contributed by atoms with Gasteiger partial charge in [-0.2, -0.15) is 0 Å². The van der Waals surface area contributed by atoms with Crippen LogP contribution < -0.4 is 15.4 Å². The zero-order chi connectivity index (χ0) is 18.5. The fourth-order valence-electron chi connectivity index (χ4n) is 2.40. The minimum Gasteiger partial charge on any atom is -0.497 e. The molecule has 1 atom stereocenters. The molecule has 3 N–H and O–H groups in total. The average molecular weight is 370 g/mol. The summed E-state index contributed by atoms with van der Waals surface area (Å²) in [4.78, 5) is 31.8. The number of nitrogens with one attached hydrogen (secondary N) is 3. The average Bonchev–Trinajstić information content (AvgIpc) is 3.08. The fourth-order valence-corrected chi connectivity index (χ4v) is 3.40. The summed E-state index contributed by atoms with van der Waals surface area (Å²) in [6, 6.07) is 14.2. The lowest BCUT2D eigenvalue weighted by atomic mass is 10.1. The minimum absolute atomic E-state index is 0.418. The first-order valence-electron chi connectivity index (χ1n) is 7.88. The zero-order valence-corrected chi connectivity index (χ0v) is 15.1. The Morgan fingerprint density at radius 2 is 1.96 bits per heavy atom. The summed E-state index contributed by atoms with van der Waals surface area (Å²) < 4.78 is 5.21. The highest BCUT2D eigenvalue weighted by Crippen LogP contribution is 2.35. The number of ether oxygens (including phenoxy) is 1. The Morgan fingerprint density at radius 1 is 1.19 bits per heavy atom. The van der Waals surface area contributed by atoms with Gasteiger partial charge in [-0.05, 0) is 17.7 Å². The first-order chi connectivity index (χ1) is 12.6. The molecular formula is C18H18N4O3S. The van der Waals surface area contributed by atoms with E-state index in [2.05, 4.69) is 20.6 Å². The van der Waals surface area contributed by atoms with Crippen molar-refractivity contribution in [1.82, 2.24) is 20.6 Å². The van der Waals surface area contributed by atoms with E-state index >= 15 is 0 Å². The number of hydrogen-bond acceptors (Lipinski definition) is 5. The molecule has 3 aromatic rings. The summed E-state index contributed by atoms with van der Waals surface area (Å²) in [7, 11) is 3.06. The maximum absolute atomic E-state index is 12.6. The molecule has 0 fully saturated rings. The van der Waals surface area contributed by atoms with Gasteiger partial charge < -0.3 is 15.0 Å². The summed E-state index contributed by atoms with van der Waals surface area (Å²) in [6.07, 6.45) is 0. The second-order valence-corrected chi connectivity index (χ2v) is 6.50. The number of imidazole rings is 1. The molecule has 1 heterocycles. The third kappa shape index (κ3) is 3.97. The number of H-pyrrole nitrogens is 1.